The van der Waals surface area contributed by atoms with E-state index in [2.05, 4.69) is 183 Å². The Kier molecular flexibility index (Phi) is 6.20. The van der Waals surface area contributed by atoms with Crippen molar-refractivity contribution < 1.29 is 0 Å². The molecule has 210 valence electrons. The summed E-state index contributed by atoms with van der Waals surface area (Å²) in [6, 6.07) is 60.0. The normalized spacial score (nSPS) is 15.1. The van der Waals surface area contributed by atoms with E-state index >= 15 is 0 Å². The van der Waals surface area contributed by atoms with Crippen molar-refractivity contribution in [2.24, 2.45) is 0 Å². The highest BCUT2D eigenvalue weighted by Gasteiger charge is 2.47. The number of anilines is 3. The van der Waals surface area contributed by atoms with E-state index in [0.717, 1.165) is 17.1 Å². The first-order chi connectivity index (χ1) is 21.7. The topological polar surface area (TPSA) is 3.24 Å². The predicted octanol–water partition coefficient (Wildman–Crippen LogP) is 11.3. The molecule has 0 spiro atoms. The number of benzene rings is 7. The molecule has 0 radical (unpaired) electrons. The molecule has 1 heteroatoms. The average molecular weight is 564 g/mol. The third-order valence-corrected chi connectivity index (χ3v) is 9.30. The molecule has 0 saturated carbocycles. The molecule has 8 rings (SSSR count). The first-order valence-electron chi connectivity index (χ1n) is 15.4. The minimum atomic E-state index is -0.449. The molecule has 0 heterocycles. The molecule has 1 aliphatic rings. The third-order valence-electron chi connectivity index (χ3n) is 9.30. The van der Waals surface area contributed by atoms with E-state index < -0.39 is 5.41 Å². The lowest BCUT2D eigenvalue weighted by Crippen LogP contribution is -2.29. The highest BCUT2D eigenvalue weighted by molar-refractivity contribution is 6.05. The van der Waals surface area contributed by atoms with Crippen LogP contribution in [-0.2, 0) is 5.41 Å². The highest BCUT2D eigenvalue weighted by atomic mass is 15.1. The molecule has 7 aromatic carbocycles. The molecule has 1 aliphatic carbocycles. The summed E-state index contributed by atoms with van der Waals surface area (Å²) in [5, 5.41) is 2.64. The standard InChI is InChI=1S/C43H33N/c1-30-22-27-39-40(28-30)43(32-14-6-3-7-15-32,41-29-31(2)37-20-12-13-21-38(37)42(39)41)33-23-25-36(26-24-33)44(34-16-8-4-9-17-34)35-18-10-5-11-19-35/h3-29H,1-2H3. The van der Waals surface area contributed by atoms with E-state index in [1.54, 1.807) is 0 Å². The highest BCUT2D eigenvalue weighted by Crippen LogP contribution is 2.58. The molecule has 1 atom stereocenters. The Morgan fingerprint density at radius 2 is 0.955 bits per heavy atom. The lowest BCUT2D eigenvalue weighted by molar-refractivity contribution is 0.767. The molecular weight excluding hydrogens is 530 g/mol. The van der Waals surface area contributed by atoms with E-state index in [1.807, 2.05) is 0 Å². The van der Waals surface area contributed by atoms with Crippen LogP contribution >= 0.6 is 0 Å². The van der Waals surface area contributed by atoms with Gasteiger partial charge in [-0.15, -0.1) is 0 Å². The minimum absolute atomic E-state index is 0.449. The summed E-state index contributed by atoms with van der Waals surface area (Å²) in [4.78, 5) is 2.33. The second-order valence-corrected chi connectivity index (χ2v) is 11.9. The van der Waals surface area contributed by atoms with E-state index in [-0.39, 0.29) is 0 Å². The van der Waals surface area contributed by atoms with Crippen LogP contribution in [0.25, 0.3) is 21.9 Å². The SMILES string of the molecule is Cc1ccc2c(c1)C(c1ccccc1)(c1ccc(N(c3ccccc3)c3ccccc3)cc1)c1cc(C)c3ccccc3c1-2. The number of rotatable bonds is 5. The molecule has 0 amide bonds. The van der Waals surface area contributed by atoms with Gasteiger partial charge in [0.05, 0.1) is 5.41 Å². The zero-order valence-corrected chi connectivity index (χ0v) is 25.0. The van der Waals surface area contributed by atoms with Gasteiger partial charge >= 0.3 is 0 Å². The molecule has 44 heavy (non-hydrogen) atoms. The molecule has 0 bridgehead atoms. The Hall–Kier alpha value is -5.40. The summed E-state index contributed by atoms with van der Waals surface area (Å²) < 4.78 is 0. The maximum atomic E-state index is 2.45. The van der Waals surface area contributed by atoms with Crippen LogP contribution in [0.2, 0.25) is 0 Å². The van der Waals surface area contributed by atoms with Crippen LogP contribution in [0.4, 0.5) is 17.1 Å². The molecule has 7 aromatic rings. The van der Waals surface area contributed by atoms with E-state index in [1.165, 1.54) is 55.3 Å². The molecule has 0 aliphatic heterocycles. The molecule has 1 nitrogen and oxygen atoms in total. The van der Waals surface area contributed by atoms with Crippen LogP contribution in [0.15, 0.2) is 164 Å². The van der Waals surface area contributed by atoms with Gasteiger partial charge in [-0.1, -0.05) is 133 Å². The van der Waals surface area contributed by atoms with Gasteiger partial charge in [0.1, 0.15) is 0 Å². The monoisotopic (exact) mass is 563 g/mol. The Morgan fingerprint density at radius 3 is 1.59 bits per heavy atom. The molecule has 1 unspecified atom stereocenters. The van der Waals surface area contributed by atoms with Crippen LogP contribution in [-0.4, -0.2) is 0 Å². The number of hydrogen-bond acceptors (Lipinski definition) is 1. The van der Waals surface area contributed by atoms with Gasteiger partial charge in [0, 0.05) is 17.1 Å². The van der Waals surface area contributed by atoms with Crippen molar-refractivity contribution in [2.45, 2.75) is 19.3 Å². The summed E-state index contributed by atoms with van der Waals surface area (Å²) in [7, 11) is 0. The molecule has 0 saturated heterocycles. The first-order valence-corrected chi connectivity index (χ1v) is 15.4. The second-order valence-electron chi connectivity index (χ2n) is 11.9. The van der Waals surface area contributed by atoms with Crippen molar-refractivity contribution in [3.63, 3.8) is 0 Å². The number of hydrogen-bond donors (Lipinski definition) is 0. The summed E-state index contributed by atoms with van der Waals surface area (Å²) >= 11 is 0. The van der Waals surface area contributed by atoms with Gasteiger partial charge in [0.25, 0.3) is 0 Å². The molecule has 0 aromatic heterocycles. The summed E-state index contributed by atoms with van der Waals surface area (Å²) in [5.41, 5.74) is 13.5. The Bertz CT molecular complexity index is 2070. The lowest BCUT2D eigenvalue weighted by atomic mass is 9.67. The largest absolute Gasteiger partial charge is 0.311 e. The Morgan fingerprint density at radius 1 is 0.432 bits per heavy atom. The van der Waals surface area contributed by atoms with Crippen molar-refractivity contribution in [1.82, 2.24) is 0 Å². The predicted molar refractivity (Wildman–Crippen MR) is 185 cm³/mol. The van der Waals surface area contributed by atoms with E-state index in [0.29, 0.717) is 0 Å². The van der Waals surface area contributed by atoms with Crippen molar-refractivity contribution in [3.8, 4) is 11.1 Å². The fraction of sp³-hybridized carbons (Fsp3) is 0.0698. The van der Waals surface area contributed by atoms with Crippen LogP contribution < -0.4 is 4.90 Å². The van der Waals surface area contributed by atoms with Crippen LogP contribution in [0.1, 0.15) is 33.4 Å². The van der Waals surface area contributed by atoms with Gasteiger partial charge in [0.2, 0.25) is 0 Å². The van der Waals surface area contributed by atoms with E-state index in [9.17, 15) is 0 Å². The smallest absolute Gasteiger partial charge is 0.0714 e. The number of nitrogens with zero attached hydrogens (tertiary/aromatic N) is 1. The maximum Gasteiger partial charge on any atom is 0.0714 e. The van der Waals surface area contributed by atoms with Crippen molar-refractivity contribution in [1.29, 1.82) is 0 Å². The number of fused-ring (bicyclic) bond motifs is 5. The molecular formula is C43H33N. The zero-order valence-electron chi connectivity index (χ0n) is 25.0. The van der Waals surface area contributed by atoms with Gasteiger partial charge in [-0.05, 0) is 100.0 Å². The van der Waals surface area contributed by atoms with Gasteiger partial charge in [-0.2, -0.15) is 0 Å². The fourth-order valence-electron chi connectivity index (χ4n) is 7.41. The van der Waals surface area contributed by atoms with Gasteiger partial charge in [-0.25, -0.2) is 0 Å². The third kappa shape index (κ3) is 3.93. The number of para-hydroxylation sites is 2. The molecule has 0 N–H and O–H groups in total. The quantitative estimate of drug-likeness (QED) is 0.201. The van der Waals surface area contributed by atoms with Crippen LogP contribution in [0.3, 0.4) is 0 Å². The summed E-state index contributed by atoms with van der Waals surface area (Å²) in [6.07, 6.45) is 0. The Balaban J connectivity index is 1.41. The van der Waals surface area contributed by atoms with Crippen LogP contribution in [0.5, 0.6) is 0 Å². The summed E-state index contributed by atoms with van der Waals surface area (Å²) in [6.45, 7) is 4.47. The van der Waals surface area contributed by atoms with Gasteiger partial charge in [-0.3, -0.25) is 0 Å². The van der Waals surface area contributed by atoms with Crippen molar-refractivity contribution in [2.75, 3.05) is 4.90 Å². The summed E-state index contributed by atoms with van der Waals surface area (Å²) in [5.74, 6) is 0. The maximum absolute atomic E-state index is 2.45. The van der Waals surface area contributed by atoms with Gasteiger partial charge < -0.3 is 4.90 Å². The van der Waals surface area contributed by atoms with Crippen molar-refractivity contribution >= 4 is 27.8 Å². The van der Waals surface area contributed by atoms with Crippen molar-refractivity contribution in [3.05, 3.63) is 197 Å². The second kappa shape index (κ2) is 10.4. The molecule has 0 fully saturated rings. The van der Waals surface area contributed by atoms with Crippen LogP contribution in [0, 0.1) is 13.8 Å². The first kappa shape index (κ1) is 26.2. The average Bonchev–Trinajstić information content (AvgIpc) is 3.36. The lowest BCUT2D eigenvalue weighted by Gasteiger charge is -2.35. The fourth-order valence-corrected chi connectivity index (χ4v) is 7.41. The van der Waals surface area contributed by atoms with E-state index in [4.69, 9.17) is 0 Å². The Labute approximate surface area is 259 Å². The zero-order chi connectivity index (χ0) is 29.7. The van der Waals surface area contributed by atoms with Gasteiger partial charge in [0.15, 0.2) is 0 Å². The number of aryl methyl sites for hydroxylation is 2. The minimum Gasteiger partial charge on any atom is -0.311 e.